The molecule has 0 spiro atoms. The number of nitrogens with zero attached hydrogens (tertiary/aromatic N) is 2. The number of hydrogen-bond acceptors (Lipinski definition) is 4. The summed E-state index contributed by atoms with van der Waals surface area (Å²) in [6, 6.07) is 4.15. The number of halogens is 1. The fourth-order valence-electron chi connectivity index (χ4n) is 4.44. The lowest BCUT2D eigenvalue weighted by atomic mass is 9.96. The van der Waals surface area contributed by atoms with E-state index in [0.29, 0.717) is 36.9 Å². The zero-order chi connectivity index (χ0) is 19.8. The maximum absolute atomic E-state index is 13.2. The molecular formula is C20H32ClN3O3S. The number of amides is 1. The summed E-state index contributed by atoms with van der Waals surface area (Å²) < 4.78 is 27.9. The van der Waals surface area contributed by atoms with Crippen molar-refractivity contribution in [3.8, 4) is 0 Å². The van der Waals surface area contributed by atoms with Gasteiger partial charge in [-0.25, -0.2) is 8.42 Å². The second-order valence-electron chi connectivity index (χ2n) is 8.05. The smallest absolute Gasteiger partial charge is 0.243 e. The Labute approximate surface area is 175 Å². The third kappa shape index (κ3) is 4.70. The van der Waals surface area contributed by atoms with E-state index in [0.717, 1.165) is 36.3 Å². The van der Waals surface area contributed by atoms with Crippen molar-refractivity contribution in [2.24, 2.45) is 5.92 Å². The number of rotatable bonds is 3. The predicted molar refractivity (Wildman–Crippen MR) is 113 cm³/mol. The Morgan fingerprint density at radius 2 is 1.64 bits per heavy atom. The molecule has 0 aromatic heterocycles. The number of piperidine rings is 1. The Morgan fingerprint density at radius 1 is 1.07 bits per heavy atom. The Hall–Kier alpha value is -1.15. The molecule has 6 nitrogen and oxygen atoms in total. The van der Waals surface area contributed by atoms with Gasteiger partial charge in [-0.1, -0.05) is 17.7 Å². The molecule has 28 heavy (non-hydrogen) atoms. The predicted octanol–water partition coefficient (Wildman–Crippen LogP) is 2.25. The maximum Gasteiger partial charge on any atom is 0.243 e. The van der Waals surface area contributed by atoms with Gasteiger partial charge in [-0.15, -0.1) is 12.4 Å². The van der Waals surface area contributed by atoms with Gasteiger partial charge < -0.3 is 10.2 Å². The molecule has 1 amide bonds. The molecule has 0 saturated carbocycles. The maximum atomic E-state index is 13.2. The summed E-state index contributed by atoms with van der Waals surface area (Å²) >= 11 is 0. The molecule has 2 aliphatic rings. The zero-order valence-corrected chi connectivity index (χ0v) is 18.8. The Morgan fingerprint density at radius 3 is 2.18 bits per heavy atom. The summed E-state index contributed by atoms with van der Waals surface area (Å²) in [7, 11) is -3.52. The van der Waals surface area contributed by atoms with E-state index in [1.54, 1.807) is 4.31 Å². The molecule has 1 aromatic rings. The first-order valence-corrected chi connectivity index (χ1v) is 11.2. The van der Waals surface area contributed by atoms with Gasteiger partial charge in [-0.05, 0) is 51.7 Å². The van der Waals surface area contributed by atoms with Crippen LogP contribution in [0.4, 0.5) is 0 Å². The minimum absolute atomic E-state index is 0. The van der Waals surface area contributed by atoms with E-state index in [2.05, 4.69) is 12.2 Å². The fraction of sp³-hybridized carbons (Fsp3) is 0.650. The molecule has 0 radical (unpaired) electrons. The third-order valence-corrected chi connectivity index (χ3v) is 7.89. The molecule has 0 aliphatic carbocycles. The van der Waals surface area contributed by atoms with Crippen LogP contribution in [0.3, 0.4) is 0 Å². The van der Waals surface area contributed by atoms with E-state index in [9.17, 15) is 13.2 Å². The van der Waals surface area contributed by atoms with Crippen LogP contribution in [0.5, 0.6) is 0 Å². The van der Waals surface area contributed by atoms with Crippen molar-refractivity contribution in [3.63, 3.8) is 0 Å². The molecule has 2 saturated heterocycles. The summed E-state index contributed by atoms with van der Waals surface area (Å²) in [5.41, 5.74) is 2.65. The number of sulfonamides is 1. The molecular weight excluding hydrogens is 398 g/mol. The van der Waals surface area contributed by atoms with Crippen LogP contribution in [-0.4, -0.2) is 62.3 Å². The van der Waals surface area contributed by atoms with Gasteiger partial charge in [0, 0.05) is 44.7 Å². The van der Waals surface area contributed by atoms with Crippen molar-refractivity contribution in [1.29, 1.82) is 0 Å². The molecule has 2 aliphatic heterocycles. The Balaban J connectivity index is 0.00000280. The fourth-order valence-corrected chi connectivity index (χ4v) is 6.32. The third-order valence-electron chi connectivity index (χ3n) is 5.69. The van der Waals surface area contributed by atoms with Crippen molar-refractivity contribution < 1.29 is 13.2 Å². The standard InChI is InChI=1S/C20H31N3O3S.ClH/c1-14-11-15(2)19(16(3)12-14)27(25,26)23-8-5-18(6-9-23)20(24)22-10-7-21-17(4)13-22;/h11-12,17-18,21H,5-10,13H2,1-4H3;1H. The van der Waals surface area contributed by atoms with Gasteiger partial charge in [0.05, 0.1) is 4.90 Å². The summed E-state index contributed by atoms with van der Waals surface area (Å²) in [6.45, 7) is 10.9. The van der Waals surface area contributed by atoms with Crippen LogP contribution < -0.4 is 5.32 Å². The summed E-state index contributed by atoms with van der Waals surface area (Å²) in [6.07, 6.45) is 1.20. The van der Waals surface area contributed by atoms with Gasteiger partial charge in [-0.2, -0.15) is 4.31 Å². The van der Waals surface area contributed by atoms with Gasteiger partial charge >= 0.3 is 0 Å². The molecule has 8 heteroatoms. The normalized spacial score (nSPS) is 22.0. The van der Waals surface area contributed by atoms with Crippen molar-refractivity contribution in [2.75, 3.05) is 32.7 Å². The van der Waals surface area contributed by atoms with Crippen LogP contribution in [0, 0.1) is 26.7 Å². The van der Waals surface area contributed by atoms with Crippen molar-refractivity contribution in [2.45, 2.75) is 51.5 Å². The monoisotopic (exact) mass is 429 g/mol. The molecule has 2 fully saturated rings. The van der Waals surface area contributed by atoms with Crippen LogP contribution in [0.2, 0.25) is 0 Å². The van der Waals surface area contributed by atoms with Gasteiger partial charge in [0.15, 0.2) is 0 Å². The molecule has 158 valence electrons. The lowest BCUT2D eigenvalue weighted by molar-refractivity contribution is -0.137. The van der Waals surface area contributed by atoms with Crippen LogP contribution in [0.25, 0.3) is 0 Å². The first-order valence-electron chi connectivity index (χ1n) is 9.80. The number of carbonyl (C=O) groups is 1. The highest BCUT2D eigenvalue weighted by Gasteiger charge is 2.35. The molecule has 1 unspecified atom stereocenters. The van der Waals surface area contributed by atoms with Gasteiger partial charge in [0.25, 0.3) is 0 Å². The summed E-state index contributed by atoms with van der Waals surface area (Å²) in [5.74, 6) is 0.116. The average Bonchev–Trinajstić information content (AvgIpc) is 2.60. The lowest BCUT2D eigenvalue weighted by Crippen LogP contribution is -2.54. The molecule has 0 bridgehead atoms. The number of piperazine rings is 1. The van der Waals surface area contributed by atoms with Gasteiger partial charge in [0.1, 0.15) is 0 Å². The molecule has 1 atom stereocenters. The quantitative estimate of drug-likeness (QED) is 0.800. The molecule has 3 rings (SSSR count). The van der Waals surface area contributed by atoms with E-state index in [1.807, 2.05) is 37.8 Å². The van der Waals surface area contributed by atoms with E-state index >= 15 is 0 Å². The van der Waals surface area contributed by atoms with Gasteiger partial charge in [-0.3, -0.25) is 4.79 Å². The summed E-state index contributed by atoms with van der Waals surface area (Å²) in [5, 5.41) is 3.35. The minimum Gasteiger partial charge on any atom is -0.340 e. The van der Waals surface area contributed by atoms with Crippen molar-refractivity contribution in [3.05, 3.63) is 28.8 Å². The Kier molecular flexibility index (Phi) is 7.53. The molecule has 1 N–H and O–H groups in total. The first kappa shape index (κ1) is 23.1. The number of benzene rings is 1. The number of nitrogens with one attached hydrogen (secondary N) is 1. The molecule has 1 aromatic carbocycles. The number of carbonyl (C=O) groups excluding carboxylic acids is 1. The van der Waals surface area contributed by atoms with E-state index < -0.39 is 10.0 Å². The largest absolute Gasteiger partial charge is 0.340 e. The highest BCUT2D eigenvalue weighted by Crippen LogP contribution is 2.29. The topological polar surface area (TPSA) is 69.7 Å². The highest BCUT2D eigenvalue weighted by atomic mass is 35.5. The minimum atomic E-state index is -3.52. The number of aryl methyl sites for hydroxylation is 3. The van der Waals surface area contributed by atoms with Crippen molar-refractivity contribution in [1.82, 2.24) is 14.5 Å². The SMILES string of the molecule is Cc1cc(C)c(S(=O)(=O)N2CCC(C(=O)N3CCNC(C)C3)CC2)c(C)c1.Cl. The first-order chi connectivity index (χ1) is 12.7. The summed E-state index contributed by atoms with van der Waals surface area (Å²) in [4.78, 5) is 15.2. The lowest BCUT2D eigenvalue weighted by Gasteiger charge is -2.37. The number of hydrogen-bond donors (Lipinski definition) is 1. The van der Waals surface area contributed by atoms with Crippen LogP contribution in [-0.2, 0) is 14.8 Å². The van der Waals surface area contributed by atoms with Crippen LogP contribution in [0.1, 0.15) is 36.5 Å². The average molecular weight is 430 g/mol. The highest BCUT2D eigenvalue weighted by molar-refractivity contribution is 7.89. The van der Waals surface area contributed by atoms with E-state index in [-0.39, 0.29) is 24.2 Å². The molecule has 2 heterocycles. The Bertz CT molecular complexity index is 797. The zero-order valence-electron chi connectivity index (χ0n) is 17.2. The van der Waals surface area contributed by atoms with E-state index in [1.165, 1.54) is 0 Å². The second-order valence-corrected chi connectivity index (χ2v) is 9.92. The second kappa shape index (κ2) is 9.11. The van der Waals surface area contributed by atoms with Crippen molar-refractivity contribution >= 4 is 28.3 Å². The van der Waals surface area contributed by atoms with E-state index in [4.69, 9.17) is 0 Å². The van der Waals surface area contributed by atoms with Gasteiger partial charge in [0.2, 0.25) is 15.9 Å². The van der Waals surface area contributed by atoms with Crippen LogP contribution in [0.15, 0.2) is 17.0 Å². The van der Waals surface area contributed by atoms with Crippen LogP contribution >= 0.6 is 12.4 Å².